The highest BCUT2D eigenvalue weighted by Crippen LogP contribution is 2.39. The Balaban J connectivity index is 1.43. The van der Waals surface area contributed by atoms with Crippen molar-refractivity contribution in [2.24, 2.45) is 10.2 Å². The number of rotatable bonds is 8. The van der Waals surface area contributed by atoms with Gasteiger partial charge in [0.05, 0.1) is 33.9 Å². The second-order valence-corrected chi connectivity index (χ2v) is 13.7. The van der Waals surface area contributed by atoms with Crippen LogP contribution in [-0.2, 0) is 0 Å². The zero-order valence-electron chi connectivity index (χ0n) is 31.1. The van der Waals surface area contributed by atoms with Gasteiger partial charge < -0.3 is 20.2 Å². The van der Waals surface area contributed by atoms with Crippen LogP contribution in [0.4, 0.5) is 11.4 Å². The number of aromatic nitrogens is 4. The van der Waals surface area contributed by atoms with Gasteiger partial charge in [-0.1, -0.05) is 83.0 Å². The fourth-order valence-electron chi connectivity index (χ4n) is 7.47. The highest BCUT2D eigenvalue weighted by atomic mass is 16.4. The van der Waals surface area contributed by atoms with Crippen LogP contribution in [0.5, 0.6) is 0 Å². The lowest BCUT2D eigenvalue weighted by Crippen LogP contribution is -1.95. The topological polar surface area (TPSA) is 229 Å². The second-order valence-electron chi connectivity index (χ2n) is 13.7. The third-order valence-corrected chi connectivity index (χ3v) is 10.2. The molecule has 0 aliphatic carbocycles. The molecule has 2 aliphatic rings. The van der Waals surface area contributed by atoms with Gasteiger partial charge in [-0.05, 0) is 106 Å². The first-order valence-corrected chi connectivity index (χ1v) is 18.4. The van der Waals surface area contributed by atoms with Gasteiger partial charge in [0.25, 0.3) is 0 Å². The number of nitrogens with one attached hydrogen (secondary N) is 2. The number of carbonyl (C=O) groups is 2. The summed E-state index contributed by atoms with van der Waals surface area (Å²) in [6, 6.07) is 35.4. The number of aromatic amines is 2. The van der Waals surface area contributed by atoms with Crippen molar-refractivity contribution < 1.29 is 19.8 Å². The van der Waals surface area contributed by atoms with E-state index in [1.165, 1.54) is 0 Å². The van der Waals surface area contributed by atoms with Gasteiger partial charge in [-0.3, -0.25) is 0 Å². The van der Waals surface area contributed by atoms with Crippen LogP contribution in [-0.4, -0.2) is 42.1 Å². The van der Waals surface area contributed by atoms with Gasteiger partial charge in [0.1, 0.15) is 0 Å². The fraction of sp³-hybridized carbons (Fsp3) is 0. The molecule has 0 atom stereocenters. The van der Waals surface area contributed by atoms with E-state index < -0.39 is 11.9 Å². The van der Waals surface area contributed by atoms with E-state index in [1.54, 1.807) is 72.8 Å². The Labute approximate surface area is 339 Å². The summed E-state index contributed by atoms with van der Waals surface area (Å²) >= 11 is 0. The Bertz CT molecular complexity index is 2840. The Kier molecular flexibility index (Phi) is 9.28. The average molecular weight is 785 g/mol. The summed E-state index contributed by atoms with van der Waals surface area (Å²) in [4.78, 5) is 47.2. The minimum absolute atomic E-state index is 0.144. The van der Waals surface area contributed by atoms with Gasteiger partial charge in [-0.2, -0.15) is 0 Å². The predicted molar refractivity (Wildman–Crippen MR) is 232 cm³/mol. The molecule has 14 heteroatoms. The second kappa shape index (κ2) is 15.2. The van der Waals surface area contributed by atoms with Gasteiger partial charge >= 0.3 is 11.9 Å². The molecule has 0 radical (unpaired) electrons. The maximum absolute atomic E-state index is 11.8. The standard InChI is InChI=1S/C46H28N10O4/c47-55-53-31-13-9-27(10-14-31)43-37-21-17-33(49-37)41(25-1-5-29(6-2-25)45(57)58)34-18-22-38(50-34)44(28-11-15-32(16-12-28)54-56-48)40-24-20-36(52-40)42(35-19-23-39(43)51-35)26-3-7-30(8-4-26)46(59)60/h1-24,49,52H,(H,57,58)(H,59,60). The summed E-state index contributed by atoms with van der Waals surface area (Å²) in [5.41, 5.74) is 30.6. The molecule has 0 spiro atoms. The number of aromatic carboxylic acids is 2. The van der Waals surface area contributed by atoms with Crippen molar-refractivity contribution in [3.05, 3.63) is 176 Å². The van der Waals surface area contributed by atoms with Crippen LogP contribution in [0.1, 0.15) is 43.5 Å². The lowest BCUT2D eigenvalue weighted by atomic mass is 10.0. The number of benzene rings is 4. The van der Waals surface area contributed by atoms with E-state index in [0.717, 1.165) is 44.5 Å². The number of carboxylic acids is 2. The smallest absolute Gasteiger partial charge is 0.335 e. The van der Waals surface area contributed by atoms with Crippen molar-refractivity contribution >= 4 is 69.7 Å². The Morgan fingerprint density at radius 3 is 0.950 bits per heavy atom. The van der Waals surface area contributed by atoms with E-state index in [9.17, 15) is 19.8 Å². The van der Waals surface area contributed by atoms with Crippen LogP contribution in [0, 0.1) is 0 Å². The number of hydrogen-bond donors (Lipinski definition) is 4. The maximum Gasteiger partial charge on any atom is 0.335 e. The lowest BCUT2D eigenvalue weighted by Gasteiger charge is -2.07. The third-order valence-electron chi connectivity index (χ3n) is 10.2. The number of hydrogen-bond acceptors (Lipinski definition) is 6. The number of azide groups is 2. The quantitative estimate of drug-likeness (QED) is 0.0664. The van der Waals surface area contributed by atoms with Gasteiger partial charge in [0.2, 0.25) is 0 Å². The van der Waals surface area contributed by atoms with Gasteiger partial charge in [0.15, 0.2) is 0 Å². The Morgan fingerprint density at radius 1 is 0.433 bits per heavy atom. The number of fused-ring (bicyclic) bond motifs is 8. The summed E-state index contributed by atoms with van der Waals surface area (Å²) < 4.78 is 0. The predicted octanol–water partition coefficient (Wildman–Crippen LogP) is 12.6. The first-order chi connectivity index (χ1) is 29.3. The number of carboxylic acid groups (broad SMARTS) is 2. The molecule has 14 nitrogen and oxygen atoms in total. The first kappa shape index (κ1) is 36.7. The van der Waals surface area contributed by atoms with Gasteiger partial charge in [-0.25, -0.2) is 19.6 Å². The molecule has 5 heterocycles. The van der Waals surface area contributed by atoms with E-state index in [4.69, 9.17) is 21.0 Å². The lowest BCUT2D eigenvalue weighted by molar-refractivity contribution is 0.0686. The molecule has 3 aromatic heterocycles. The van der Waals surface area contributed by atoms with Crippen LogP contribution in [0.2, 0.25) is 0 Å². The molecule has 4 aromatic carbocycles. The molecule has 0 fully saturated rings. The monoisotopic (exact) mass is 784 g/mol. The number of H-pyrrole nitrogens is 2. The maximum atomic E-state index is 11.8. The minimum Gasteiger partial charge on any atom is -0.478 e. The van der Waals surface area contributed by atoms with E-state index >= 15 is 0 Å². The Hall–Kier alpha value is -8.96. The largest absolute Gasteiger partial charge is 0.478 e. The van der Waals surface area contributed by atoms with Crippen LogP contribution >= 0.6 is 0 Å². The molecule has 8 bridgehead atoms. The molecule has 0 amide bonds. The molecule has 4 N–H and O–H groups in total. The fourth-order valence-corrected chi connectivity index (χ4v) is 7.47. The minimum atomic E-state index is -1.04. The zero-order valence-corrected chi connectivity index (χ0v) is 31.1. The van der Waals surface area contributed by atoms with Crippen LogP contribution in [0.3, 0.4) is 0 Å². The van der Waals surface area contributed by atoms with Crippen molar-refractivity contribution in [3.8, 4) is 44.5 Å². The zero-order chi connectivity index (χ0) is 41.3. The summed E-state index contributed by atoms with van der Waals surface area (Å²) in [5, 5.41) is 26.9. The normalized spacial score (nSPS) is 11.5. The van der Waals surface area contributed by atoms with Crippen molar-refractivity contribution in [2.75, 3.05) is 0 Å². The van der Waals surface area contributed by atoms with Gasteiger partial charge in [0, 0.05) is 65.5 Å². The van der Waals surface area contributed by atoms with E-state index in [-0.39, 0.29) is 11.1 Å². The van der Waals surface area contributed by atoms with Crippen molar-refractivity contribution in [1.29, 1.82) is 0 Å². The molecule has 9 rings (SSSR count). The molecule has 2 aliphatic heterocycles. The van der Waals surface area contributed by atoms with E-state index in [1.807, 2.05) is 72.8 Å². The molecule has 286 valence electrons. The van der Waals surface area contributed by atoms with Crippen LogP contribution < -0.4 is 0 Å². The van der Waals surface area contributed by atoms with E-state index in [0.29, 0.717) is 56.2 Å². The average Bonchev–Trinajstić information content (AvgIpc) is 4.11. The van der Waals surface area contributed by atoms with Crippen molar-refractivity contribution in [3.63, 3.8) is 0 Å². The molecule has 0 saturated heterocycles. The molecule has 60 heavy (non-hydrogen) atoms. The molecular weight excluding hydrogens is 757 g/mol. The molecule has 0 saturated carbocycles. The summed E-state index contributed by atoms with van der Waals surface area (Å²) in [5.74, 6) is -2.08. The third kappa shape index (κ3) is 6.80. The molecular formula is C46H28N10O4. The first-order valence-electron chi connectivity index (χ1n) is 18.4. The highest BCUT2D eigenvalue weighted by Gasteiger charge is 2.19. The highest BCUT2D eigenvalue weighted by molar-refractivity contribution is 6.00. The summed E-state index contributed by atoms with van der Waals surface area (Å²) in [6.45, 7) is 0. The summed E-state index contributed by atoms with van der Waals surface area (Å²) in [7, 11) is 0. The number of nitrogens with zero attached hydrogens (tertiary/aromatic N) is 8. The van der Waals surface area contributed by atoms with Crippen LogP contribution in [0.15, 0.2) is 132 Å². The van der Waals surface area contributed by atoms with Crippen LogP contribution in [0.25, 0.3) is 112 Å². The SMILES string of the molecule is [N-]=[N+]=Nc1ccc(-c2c3nc(c(-c4ccc(C(=O)O)cc4)c4ccc([nH]4)c(-c4ccc(N=[N+]=[N-])cc4)c4nc(c(-c5ccc(C(=O)O)cc5)c5ccc2[nH]5)C=C4)C=C3)cc1. The van der Waals surface area contributed by atoms with Gasteiger partial charge in [-0.15, -0.1) is 0 Å². The summed E-state index contributed by atoms with van der Waals surface area (Å²) in [6.07, 6.45) is 7.67. The Morgan fingerprint density at radius 2 is 0.700 bits per heavy atom. The van der Waals surface area contributed by atoms with E-state index in [2.05, 4.69) is 30.0 Å². The molecule has 0 unspecified atom stereocenters. The van der Waals surface area contributed by atoms with Crippen molar-refractivity contribution in [2.45, 2.75) is 0 Å². The van der Waals surface area contributed by atoms with Crippen molar-refractivity contribution in [1.82, 2.24) is 19.9 Å². The molecule has 7 aromatic rings.